The number of hydrogen-bond acceptors (Lipinski definition) is 3. The van der Waals surface area contributed by atoms with E-state index in [1.807, 2.05) is 12.3 Å². The Balaban J connectivity index is 1.42. The predicted molar refractivity (Wildman–Crippen MR) is 87.7 cm³/mol. The maximum Gasteiger partial charge on any atom is 0.0480 e. The van der Waals surface area contributed by atoms with Gasteiger partial charge in [-0.25, -0.2) is 0 Å². The molecule has 1 saturated carbocycles. The first-order valence-corrected chi connectivity index (χ1v) is 9.12. The van der Waals surface area contributed by atoms with Crippen LogP contribution >= 0.6 is 0 Å². The van der Waals surface area contributed by atoms with Gasteiger partial charge in [-0.15, -0.1) is 0 Å². The number of likely N-dealkylation sites (tertiary alicyclic amines) is 1. The summed E-state index contributed by atoms with van der Waals surface area (Å²) in [5, 5.41) is 0. The Morgan fingerprint density at radius 2 is 2.00 bits per heavy atom. The van der Waals surface area contributed by atoms with Gasteiger partial charge in [0.1, 0.15) is 0 Å². The number of hydrogen-bond donors (Lipinski definition) is 0. The average Bonchev–Trinajstić information content (AvgIpc) is 3.02. The third-order valence-corrected chi connectivity index (χ3v) is 6.18. The van der Waals surface area contributed by atoms with E-state index >= 15 is 0 Å². The largest absolute Gasteiger partial charge is 0.381 e. The van der Waals surface area contributed by atoms with E-state index in [-0.39, 0.29) is 0 Å². The molecular formula is C19H28N2O. The van der Waals surface area contributed by atoms with Crippen molar-refractivity contribution in [3.63, 3.8) is 0 Å². The summed E-state index contributed by atoms with van der Waals surface area (Å²) in [6.45, 7) is 4.60. The minimum atomic E-state index is 0.787. The van der Waals surface area contributed by atoms with Gasteiger partial charge >= 0.3 is 0 Å². The topological polar surface area (TPSA) is 25.4 Å². The van der Waals surface area contributed by atoms with E-state index in [1.165, 1.54) is 57.3 Å². The number of aromatic nitrogens is 1. The van der Waals surface area contributed by atoms with Gasteiger partial charge in [0.2, 0.25) is 0 Å². The molecular weight excluding hydrogens is 272 g/mol. The van der Waals surface area contributed by atoms with Crippen molar-refractivity contribution >= 4 is 0 Å². The zero-order valence-electron chi connectivity index (χ0n) is 13.5. The zero-order chi connectivity index (χ0) is 14.8. The lowest BCUT2D eigenvalue weighted by molar-refractivity contribution is 0.0399. The maximum absolute atomic E-state index is 5.54. The minimum absolute atomic E-state index is 0.787. The summed E-state index contributed by atoms with van der Waals surface area (Å²) >= 11 is 0. The van der Waals surface area contributed by atoms with Crippen molar-refractivity contribution in [1.82, 2.24) is 9.88 Å². The van der Waals surface area contributed by atoms with Crippen LogP contribution in [0.4, 0.5) is 0 Å². The fourth-order valence-electron chi connectivity index (χ4n) is 5.02. The molecule has 3 nitrogen and oxygen atoms in total. The van der Waals surface area contributed by atoms with E-state index in [0.29, 0.717) is 0 Å². The molecule has 3 atom stereocenters. The molecule has 3 heterocycles. The standard InChI is InChI=1S/C19H28N2O/c1-2-9-20-17(6-1)12-15-4-3-5-16-13-21(14-19(15)16)18-7-10-22-11-8-18/h1-2,6,9,15-16,18-19H,3-5,7-8,10-14H2/t15-,16-,19-/m1/s1. The predicted octanol–water partition coefficient (Wildman–Crippen LogP) is 3.15. The van der Waals surface area contributed by atoms with Crippen molar-refractivity contribution in [3.8, 4) is 0 Å². The third-order valence-electron chi connectivity index (χ3n) is 6.18. The lowest BCUT2D eigenvalue weighted by atomic mass is 9.72. The van der Waals surface area contributed by atoms with Gasteiger partial charge in [0, 0.05) is 44.2 Å². The first-order valence-electron chi connectivity index (χ1n) is 9.12. The molecule has 0 bridgehead atoms. The Morgan fingerprint density at radius 3 is 2.82 bits per heavy atom. The summed E-state index contributed by atoms with van der Waals surface area (Å²) in [4.78, 5) is 7.37. The molecule has 0 spiro atoms. The van der Waals surface area contributed by atoms with Crippen LogP contribution < -0.4 is 0 Å². The van der Waals surface area contributed by atoms with Gasteiger partial charge in [-0.3, -0.25) is 9.88 Å². The van der Waals surface area contributed by atoms with Crippen LogP contribution in [0.25, 0.3) is 0 Å². The average molecular weight is 300 g/mol. The van der Waals surface area contributed by atoms with Gasteiger partial charge in [-0.05, 0) is 62.0 Å². The molecule has 120 valence electrons. The Kier molecular flexibility index (Phi) is 4.44. The molecule has 3 aliphatic rings. The molecule has 2 saturated heterocycles. The monoisotopic (exact) mass is 300 g/mol. The normalized spacial score (nSPS) is 33.7. The first kappa shape index (κ1) is 14.6. The van der Waals surface area contributed by atoms with Crippen molar-refractivity contribution in [2.45, 2.75) is 44.6 Å². The number of ether oxygens (including phenoxy) is 1. The van der Waals surface area contributed by atoms with E-state index in [9.17, 15) is 0 Å². The number of pyridine rings is 1. The Bertz CT molecular complexity index is 472. The van der Waals surface area contributed by atoms with Crippen LogP contribution in [0.5, 0.6) is 0 Å². The minimum Gasteiger partial charge on any atom is -0.381 e. The van der Waals surface area contributed by atoms with Crippen LogP contribution in [0.3, 0.4) is 0 Å². The molecule has 0 N–H and O–H groups in total. The second-order valence-corrected chi connectivity index (χ2v) is 7.44. The molecule has 1 aliphatic carbocycles. The van der Waals surface area contributed by atoms with E-state index in [4.69, 9.17) is 4.74 Å². The summed E-state index contributed by atoms with van der Waals surface area (Å²) in [6, 6.07) is 7.14. The van der Waals surface area contributed by atoms with Crippen LogP contribution in [0, 0.1) is 17.8 Å². The zero-order valence-corrected chi connectivity index (χ0v) is 13.5. The summed E-state index contributed by atoms with van der Waals surface area (Å²) in [6.07, 6.45) is 9.87. The second-order valence-electron chi connectivity index (χ2n) is 7.44. The van der Waals surface area contributed by atoms with Gasteiger partial charge < -0.3 is 4.74 Å². The molecule has 0 unspecified atom stereocenters. The summed E-state index contributed by atoms with van der Waals surface area (Å²) in [5.41, 5.74) is 1.29. The van der Waals surface area contributed by atoms with Gasteiger partial charge in [-0.1, -0.05) is 12.5 Å². The highest BCUT2D eigenvalue weighted by atomic mass is 16.5. The van der Waals surface area contributed by atoms with Crippen molar-refractivity contribution in [2.24, 2.45) is 17.8 Å². The molecule has 3 fully saturated rings. The summed E-state index contributed by atoms with van der Waals surface area (Å²) in [5.74, 6) is 2.68. The van der Waals surface area contributed by atoms with Crippen LogP contribution in [-0.2, 0) is 11.2 Å². The molecule has 4 rings (SSSR count). The Labute approximate surface area is 134 Å². The number of rotatable bonds is 3. The smallest absolute Gasteiger partial charge is 0.0480 e. The van der Waals surface area contributed by atoms with E-state index in [0.717, 1.165) is 37.0 Å². The van der Waals surface area contributed by atoms with Crippen LogP contribution in [0.15, 0.2) is 24.4 Å². The van der Waals surface area contributed by atoms with Gasteiger partial charge in [0.05, 0.1) is 0 Å². The van der Waals surface area contributed by atoms with Gasteiger partial charge in [-0.2, -0.15) is 0 Å². The SMILES string of the molecule is c1ccc(C[C@H]2CCC[C@@H]3CN(C4CCOCC4)C[C@H]23)nc1. The highest BCUT2D eigenvalue weighted by Gasteiger charge is 2.42. The fourth-order valence-corrected chi connectivity index (χ4v) is 5.02. The lowest BCUT2D eigenvalue weighted by Gasteiger charge is -2.33. The third kappa shape index (κ3) is 3.07. The molecule has 3 heteroatoms. The number of fused-ring (bicyclic) bond motifs is 1. The van der Waals surface area contributed by atoms with Gasteiger partial charge in [0.15, 0.2) is 0 Å². The maximum atomic E-state index is 5.54. The fraction of sp³-hybridized carbons (Fsp3) is 0.737. The van der Waals surface area contributed by atoms with Crippen molar-refractivity contribution in [1.29, 1.82) is 0 Å². The second kappa shape index (κ2) is 6.67. The van der Waals surface area contributed by atoms with E-state index < -0.39 is 0 Å². The van der Waals surface area contributed by atoms with Gasteiger partial charge in [0.25, 0.3) is 0 Å². The molecule has 1 aromatic heterocycles. The molecule has 1 aromatic rings. The van der Waals surface area contributed by atoms with Crippen molar-refractivity contribution < 1.29 is 4.74 Å². The highest BCUT2D eigenvalue weighted by Crippen LogP contribution is 2.42. The molecule has 0 radical (unpaired) electrons. The summed E-state index contributed by atoms with van der Waals surface area (Å²) in [7, 11) is 0. The molecule has 2 aliphatic heterocycles. The van der Waals surface area contributed by atoms with Crippen LogP contribution in [0.1, 0.15) is 37.8 Å². The molecule has 0 amide bonds. The Hall–Kier alpha value is -0.930. The van der Waals surface area contributed by atoms with Crippen molar-refractivity contribution in [3.05, 3.63) is 30.1 Å². The van der Waals surface area contributed by atoms with Crippen molar-refractivity contribution in [2.75, 3.05) is 26.3 Å². The quantitative estimate of drug-likeness (QED) is 0.857. The number of nitrogens with zero attached hydrogens (tertiary/aromatic N) is 2. The van der Waals surface area contributed by atoms with E-state index in [2.05, 4.69) is 22.0 Å². The first-order chi connectivity index (χ1) is 10.9. The molecule has 0 aromatic carbocycles. The Morgan fingerprint density at radius 1 is 1.09 bits per heavy atom. The van der Waals surface area contributed by atoms with Crippen LogP contribution in [-0.4, -0.2) is 42.2 Å². The highest BCUT2D eigenvalue weighted by molar-refractivity contribution is 5.06. The lowest BCUT2D eigenvalue weighted by Crippen LogP contribution is -2.38. The molecule has 22 heavy (non-hydrogen) atoms. The summed E-state index contributed by atoms with van der Waals surface area (Å²) < 4.78 is 5.54. The van der Waals surface area contributed by atoms with E-state index in [1.54, 1.807) is 0 Å². The van der Waals surface area contributed by atoms with Crippen LogP contribution in [0.2, 0.25) is 0 Å².